The largest absolute Gasteiger partial charge is 0.310 e. The van der Waals surface area contributed by atoms with Crippen LogP contribution >= 0.6 is 0 Å². The van der Waals surface area contributed by atoms with Crippen molar-refractivity contribution in [1.29, 1.82) is 0 Å². The maximum Gasteiger partial charge on any atom is 0.194 e. The minimum atomic E-state index is -1.59. The van der Waals surface area contributed by atoms with Crippen LogP contribution in [0.25, 0.3) is 56.7 Å². The molecule has 2 aliphatic carbocycles. The number of benzene rings is 11. The minimum Gasteiger partial charge on any atom is -0.310 e. The molecule has 0 amide bonds. The summed E-state index contributed by atoms with van der Waals surface area (Å²) < 4.78 is 96.3. The fourth-order valence-corrected chi connectivity index (χ4v) is 12.5. The molecule has 0 fully saturated rings. The number of rotatable bonds is 11. The van der Waals surface area contributed by atoms with Gasteiger partial charge in [0.2, 0.25) is 0 Å². The predicted octanol–water partition coefficient (Wildman–Crippen LogP) is 19.3. The maximum atomic E-state index is 17.1. The Morgan fingerprint density at radius 2 is 0.684 bits per heavy atom. The second-order valence-electron chi connectivity index (χ2n) is 20.0. The molecule has 7 heteroatoms. The van der Waals surface area contributed by atoms with Crippen molar-refractivity contribution < 1.29 is 26.3 Å². The van der Waals surface area contributed by atoms with Crippen LogP contribution in [0.1, 0.15) is 55.6 Å². The summed E-state index contributed by atoms with van der Waals surface area (Å²) in [6.07, 6.45) is 3.41. The smallest absolute Gasteiger partial charge is 0.194 e. The molecule has 0 radical (unpaired) electrons. The Labute approximate surface area is 454 Å². The number of fused-ring (bicyclic) bond motifs is 6. The van der Waals surface area contributed by atoms with Crippen molar-refractivity contribution in [3.63, 3.8) is 0 Å². The molecule has 2 unspecified atom stereocenters. The lowest BCUT2D eigenvalue weighted by molar-refractivity contribution is 0.435. The van der Waals surface area contributed by atoms with Gasteiger partial charge in [-0.1, -0.05) is 207 Å². The number of hydrogen-bond donors (Lipinski definition) is 0. The summed E-state index contributed by atoms with van der Waals surface area (Å²) in [5, 5.41) is 0. The Kier molecular flexibility index (Phi) is 11.8. The molecule has 0 saturated carbocycles. The average Bonchev–Trinajstić information content (AvgIpc) is 3.96. The van der Waals surface area contributed by atoms with E-state index in [1.165, 1.54) is 12.1 Å². The zero-order valence-corrected chi connectivity index (χ0v) is 42.3. The fraction of sp³-hybridized carbons (Fsp3) is 0.0278. The van der Waals surface area contributed by atoms with Crippen LogP contribution in [-0.4, -0.2) is 0 Å². The molecule has 0 aliphatic heterocycles. The van der Waals surface area contributed by atoms with Crippen LogP contribution in [0.15, 0.2) is 250 Å². The van der Waals surface area contributed by atoms with Crippen molar-refractivity contribution >= 4 is 29.2 Å². The molecule has 1 nitrogen and oxygen atoms in total. The van der Waals surface area contributed by atoms with Gasteiger partial charge in [-0.15, -0.1) is 0 Å². The van der Waals surface area contributed by atoms with Crippen molar-refractivity contribution in [2.45, 2.75) is 10.8 Å². The van der Waals surface area contributed by atoms with Gasteiger partial charge >= 0.3 is 0 Å². The second-order valence-corrected chi connectivity index (χ2v) is 20.0. The van der Waals surface area contributed by atoms with Gasteiger partial charge in [-0.3, -0.25) is 0 Å². The van der Waals surface area contributed by atoms with E-state index < -0.39 is 45.7 Å². The van der Waals surface area contributed by atoms with Crippen LogP contribution in [-0.2, 0) is 10.8 Å². The van der Waals surface area contributed by atoms with E-state index >= 15 is 26.3 Å². The summed E-state index contributed by atoms with van der Waals surface area (Å²) in [6.45, 7) is 7.92. The highest BCUT2D eigenvalue weighted by Gasteiger charge is 2.50. The highest BCUT2D eigenvalue weighted by molar-refractivity contribution is 5.93. The van der Waals surface area contributed by atoms with Crippen molar-refractivity contribution in [3.8, 4) is 44.5 Å². The van der Waals surface area contributed by atoms with Gasteiger partial charge < -0.3 is 4.90 Å². The molecule has 0 aromatic heterocycles. The molecule has 380 valence electrons. The molecule has 11 aromatic rings. The molecule has 11 aromatic carbocycles. The number of halogens is 6. The normalized spacial score (nSPS) is 15.7. The summed E-state index contributed by atoms with van der Waals surface area (Å²) in [6, 6.07) is 73.2. The average molecular weight is 1040 g/mol. The molecular formula is C72H45F6N. The van der Waals surface area contributed by atoms with E-state index in [0.717, 1.165) is 67.8 Å². The number of hydrogen-bond acceptors (Lipinski definition) is 1. The summed E-state index contributed by atoms with van der Waals surface area (Å²) in [5.41, 5.74) is 11.1. The Morgan fingerprint density at radius 1 is 0.291 bits per heavy atom. The van der Waals surface area contributed by atoms with Gasteiger partial charge in [-0.2, -0.15) is 0 Å². The van der Waals surface area contributed by atoms with Gasteiger partial charge in [-0.05, 0) is 144 Å². The standard InChI is InChI=1S/C72H45F6N/c1-3-44-24-28-50(29-25-44)71(61-36-38-65(73)69(77)67(61)75)59-22-10-8-20-55(59)57-34-32-53(42-63(57)71)79(52-19-13-18-49(41-52)48-17-12-16-47(40-48)46-14-6-5-7-15-46)54-33-35-58-56-21-9-11-23-60(56)72(64(58)43-54,51-30-26-45(4-2)27-31-51)62-37-39-66(74)70(78)68(62)76/h3-43H,1-2H2. The van der Waals surface area contributed by atoms with Crippen LogP contribution in [0.5, 0.6) is 0 Å². The van der Waals surface area contributed by atoms with Crippen LogP contribution < -0.4 is 4.90 Å². The van der Waals surface area contributed by atoms with Gasteiger partial charge in [0.25, 0.3) is 0 Å². The summed E-state index contributed by atoms with van der Waals surface area (Å²) in [4.78, 5) is 2.07. The molecule has 0 spiro atoms. The van der Waals surface area contributed by atoms with Gasteiger partial charge in [0.15, 0.2) is 34.9 Å². The van der Waals surface area contributed by atoms with E-state index in [9.17, 15) is 0 Å². The van der Waals surface area contributed by atoms with Gasteiger partial charge in [0, 0.05) is 28.2 Å². The summed E-state index contributed by atoms with van der Waals surface area (Å²) >= 11 is 0. The molecule has 13 rings (SSSR count). The van der Waals surface area contributed by atoms with Crippen molar-refractivity contribution in [2.75, 3.05) is 4.90 Å². The van der Waals surface area contributed by atoms with Crippen molar-refractivity contribution in [2.24, 2.45) is 0 Å². The first kappa shape index (κ1) is 48.9. The van der Waals surface area contributed by atoms with Gasteiger partial charge in [0.1, 0.15) is 0 Å². The third-order valence-electron chi connectivity index (χ3n) is 16.0. The van der Waals surface area contributed by atoms with Crippen LogP contribution in [0.4, 0.5) is 43.4 Å². The van der Waals surface area contributed by atoms with Crippen LogP contribution in [0.2, 0.25) is 0 Å². The van der Waals surface area contributed by atoms with E-state index in [1.807, 2.05) is 176 Å². The first-order chi connectivity index (χ1) is 38.6. The number of anilines is 3. The Morgan fingerprint density at radius 3 is 1.16 bits per heavy atom. The highest BCUT2D eigenvalue weighted by atomic mass is 19.2. The first-order valence-corrected chi connectivity index (χ1v) is 25.8. The fourth-order valence-electron chi connectivity index (χ4n) is 12.5. The lowest BCUT2D eigenvalue weighted by Gasteiger charge is -2.36. The van der Waals surface area contributed by atoms with Gasteiger partial charge in [0.05, 0.1) is 10.8 Å². The van der Waals surface area contributed by atoms with Gasteiger partial charge in [-0.25, -0.2) is 26.3 Å². The molecule has 0 N–H and O–H groups in total. The van der Waals surface area contributed by atoms with E-state index in [2.05, 4.69) is 54.5 Å². The summed E-state index contributed by atoms with van der Waals surface area (Å²) in [5.74, 6) is -8.43. The predicted molar refractivity (Wildman–Crippen MR) is 307 cm³/mol. The Balaban J connectivity index is 1.11. The third kappa shape index (κ3) is 7.48. The molecule has 0 saturated heterocycles. The van der Waals surface area contributed by atoms with Crippen molar-refractivity contribution in [1.82, 2.24) is 0 Å². The van der Waals surface area contributed by atoms with E-state index in [1.54, 1.807) is 12.2 Å². The minimum absolute atomic E-state index is 0.0796. The van der Waals surface area contributed by atoms with E-state index in [-0.39, 0.29) is 11.1 Å². The molecule has 2 aliphatic rings. The third-order valence-corrected chi connectivity index (χ3v) is 16.0. The molecule has 0 bridgehead atoms. The SMILES string of the molecule is C=Cc1ccc(C2(c3ccc(F)c(F)c3F)c3ccccc3-c3ccc(N(c4cccc(-c5cccc(-c6ccccc6)c5)c4)c4ccc5c(c4)C(c4ccc(C=C)cc4)(c4ccc(F)c(F)c4F)c4ccccc4-5)cc32)cc1. The zero-order chi connectivity index (χ0) is 54.2. The molecule has 2 atom stereocenters. The van der Waals surface area contributed by atoms with Crippen molar-refractivity contribution in [3.05, 3.63) is 340 Å². The lowest BCUT2D eigenvalue weighted by Crippen LogP contribution is -2.31. The number of nitrogens with zero attached hydrogens (tertiary/aromatic N) is 1. The zero-order valence-electron chi connectivity index (χ0n) is 42.3. The first-order valence-electron chi connectivity index (χ1n) is 25.8. The quantitative estimate of drug-likeness (QED) is 0.0922. The molecule has 0 heterocycles. The van der Waals surface area contributed by atoms with E-state index in [4.69, 9.17) is 0 Å². The second kappa shape index (κ2) is 19.1. The summed E-state index contributed by atoms with van der Waals surface area (Å²) in [7, 11) is 0. The molecule has 79 heavy (non-hydrogen) atoms. The monoisotopic (exact) mass is 1040 g/mol. The lowest BCUT2D eigenvalue weighted by atomic mass is 9.67. The van der Waals surface area contributed by atoms with Crippen LogP contribution in [0, 0.1) is 34.9 Å². The Bertz CT molecular complexity index is 4050. The topological polar surface area (TPSA) is 3.24 Å². The highest BCUT2D eigenvalue weighted by Crippen LogP contribution is 2.60. The Hall–Kier alpha value is -9.72. The van der Waals surface area contributed by atoms with Crippen LogP contribution in [0.3, 0.4) is 0 Å². The molecular weight excluding hydrogens is 993 g/mol. The maximum absolute atomic E-state index is 17.1. The van der Waals surface area contributed by atoms with E-state index in [0.29, 0.717) is 50.4 Å².